The molecular formula is C13H22N2O4. The number of carboxylic acids is 1. The quantitative estimate of drug-likeness (QED) is 0.788. The van der Waals surface area contributed by atoms with Crippen molar-refractivity contribution in [1.29, 1.82) is 0 Å². The second kappa shape index (κ2) is 4.67. The monoisotopic (exact) mass is 270 g/mol. The number of ether oxygens (including phenoxy) is 1. The van der Waals surface area contributed by atoms with Crippen molar-refractivity contribution in [1.82, 2.24) is 10.2 Å². The number of hydrogen-bond acceptors (Lipinski definition) is 4. The lowest BCUT2D eigenvalue weighted by Gasteiger charge is -2.32. The van der Waals surface area contributed by atoms with Crippen molar-refractivity contribution in [3.05, 3.63) is 0 Å². The molecule has 0 spiro atoms. The zero-order valence-corrected chi connectivity index (χ0v) is 11.7. The van der Waals surface area contributed by atoms with Gasteiger partial charge in [-0.3, -0.25) is 4.90 Å². The standard InChI is InChI=1S/C13H22N2O4/c1-12(2,3)19-11(18)14-13(10(16)17)6-8-15-7-4-5-9(13)15/h9H,4-8H2,1-3H3,(H,14,18)(H,16,17). The number of hydrogen-bond donors (Lipinski definition) is 2. The fraction of sp³-hybridized carbons (Fsp3) is 0.846. The molecule has 0 radical (unpaired) electrons. The molecule has 1 amide bonds. The molecule has 6 nitrogen and oxygen atoms in total. The Kier molecular flexibility index (Phi) is 3.47. The van der Waals surface area contributed by atoms with E-state index in [0.29, 0.717) is 13.0 Å². The Hall–Kier alpha value is -1.30. The molecule has 0 bridgehead atoms. The molecule has 0 aliphatic carbocycles. The van der Waals surface area contributed by atoms with Gasteiger partial charge in [0.2, 0.25) is 0 Å². The van der Waals surface area contributed by atoms with Crippen LogP contribution in [-0.4, -0.2) is 52.3 Å². The van der Waals surface area contributed by atoms with Gasteiger partial charge in [-0.05, 0) is 46.6 Å². The smallest absolute Gasteiger partial charge is 0.408 e. The number of carboxylic acid groups (broad SMARTS) is 1. The van der Waals surface area contributed by atoms with Crippen molar-refractivity contribution in [2.75, 3.05) is 13.1 Å². The molecule has 2 aliphatic heterocycles. The highest BCUT2D eigenvalue weighted by molar-refractivity contribution is 5.86. The van der Waals surface area contributed by atoms with E-state index in [4.69, 9.17) is 4.74 Å². The van der Waals surface area contributed by atoms with Crippen molar-refractivity contribution in [3.63, 3.8) is 0 Å². The van der Waals surface area contributed by atoms with E-state index in [-0.39, 0.29) is 6.04 Å². The van der Waals surface area contributed by atoms with Crippen LogP contribution in [0.25, 0.3) is 0 Å². The SMILES string of the molecule is CC(C)(C)OC(=O)NC1(C(=O)O)CCN2CCCC21. The van der Waals surface area contributed by atoms with Crippen LogP contribution in [-0.2, 0) is 9.53 Å². The van der Waals surface area contributed by atoms with E-state index in [9.17, 15) is 14.7 Å². The number of aliphatic carboxylic acids is 1. The van der Waals surface area contributed by atoms with E-state index >= 15 is 0 Å². The van der Waals surface area contributed by atoms with E-state index in [1.807, 2.05) is 0 Å². The largest absolute Gasteiger partial charge is 0.479 e. The summed E-state index contributed by atoms with van der Waals surface area (Å²) in [7, 11) is 0. The predicted molar refractivity (Wildman–Crippen MR) is 68.9 cm³/mol. The van der Waals surface area contributed by atoms with Gasteiger partial charge in [-0.25, -0.2) is 9.59 Å². The Morgan fingerprint density at radius 3 is 2.63 bits per heavy atom. The highest BCUT2D eigenvalue weighted by atomic mass is 16.6. The summed E-state index contributed by atoms with van der Waals surface area (Å²) in [5.41, 5.74) is -1.82. The summed E-state index contributed by atoms with van der Waals surface area (Å²) in [6.07, 6.45) is 1.58. The lowest BCUT2D eigenvalue weighted by atomic mass is 9.89. The summed E-state index contributed by atoms with van der Waals surface area (Å²) in [4.78, 5) is 25.7. The van der Waals surface area contributed by atoms with Gasteiger partial charge in [-0.2, -0.15) is 0 Å². The second-order valence-electron chi connectivity index (χ2n) is 6.35. The van der Waals surface area contributed by atoms with E-state index in [1.54, 1.807) is 20.8 Å². The lowest BCUT2D eigenvalue weighted by molar-refractivity contribution is -0.145. The average molecular weight is 270 g/mol. The summed E-state index contributed by atoms with van der Waals surface area (Å²) in [5.74, 6) is -0.965. The van der Waals surface area contributed by atoms with E-state index in [2.05, 4.69) is 10.2 Å². The normalized spacial score (nSPS) is 31.0. The molecule has 0 aromatic rings. The second-order valence-corrected chi connectivity index (χ2v) is 6.35. The van der Waals surface area contributed by atoms with Gasteiger partial charge >= 0.3 is 12.1 Å². The Balaban J connectivity index is 2.13. The molecule has 2 fully saturated rings. The minimum absolute atomic E-state index is 0.113. The first-order valence-electron chi connectivity index (χ1n) is 6.73. The molecule has 2 aliphatic rings. The maximum atomic E-state index is 11.9. The third-order valence-corrected chi connectivity index (χ3v) is 3.83. The minimum atomic E-state index is -1.20. The number of amides is 1. The number of nitrogens with one attached hydrogen (secondary N) is 1. The Labute approximate surface area is 113 Å². The molecule has 2 rings (SSSR count). The first kappa shape index (κ1) is 14.1. The Bertz CT molecular complexity index is 391. The Morgan fingerprint density at radius 1 is 1.37 bits per heavy atom. The molecular weight excluding hydrogens is 248 g/mol. The third kappa shape index (κ3) is 2.68. The van der Waals surface area contributed by atoms with Crippen LogP contribution in [0.5, 0.6) is 0 Å². The first-order valence-corrected chi connectivity index (χ1v) is 6.73. The van der Waals surface area contributed by atoms with Crippen LogP contribution in [0.15, 0.2) is 0 Å². The number of fused-ring (bicyclic) bond motifs is 1. The topological polar surface area (TPSA) is 78.9 Å². The molecule has 2 saturated heterocycles. The van der Waals surface area contributed by atoms with E-state index < -0.39 is 23.2 Å². The van der Waals surface area contributed by atoms with Crippen molar-refractivity contribution < 1.29 is 19.4 Å². The van der Waals surface area contributed by atoms with Crippen LogP contribution >= 0.6 is 0 Å². The van der Waals surface area contributed by atoms with Crippen LogP contribution in [0, 0.1) is 0 Å². The number of rotatable bonds is 2. The molecule has 19 heavy (non-hydrogen) atoms. The zero-order chi connectivity index (χ0) is 14.3. The van der Waals surface area contributed by atoms with Gasteiger partial charge in [-0.15, -0.1) is 0 Å². The molecule has 0 saturated carbocycles. The van der Waals surface area contributed by atoms with E-state index in [0.717, 1.165) is 19.4 Å². The van der Waals surface area contributed by atoms with Crippen LogP contribution in [0.1, 0.15) is 40.0 Å². The molecule has 108 valence electrons. The molecule has 6 heteroatoms. The summed E-state index contributed by atoms with van der Waals surface area (Å²) in [6.45, 7) is 6.91. The number of carbonyl (C=O) groups is 2. The van der Waals surface area contributed by atoms with E-state index in [1.165, 1.54) is 0 Å². The average Bonchev–Trinajstić information content (AvgIpc) is 2.78. The van der Waals surface area contributed by atoms with Crippen molar-refractivity contribution in [2.45, 2.75) is 57.2 Å². The van der Waals surface area contributed by atoms with Gasteiger partial charge in [0.05, 0.1) is 0 Å². The van der Waals surface area contributed by atoms with Gasteiger partial charge in [-0.1, -0.05) is 0 Å². The molecule has 0 aromatic carbocycles. The third-order valence-electron chi connectivity index (χ3n) is 3.83. The molecule has 2 unspecified atom stereocenters. The van der Waals surface area contributed by atoms with Gasteiger partial charge in [0.15, 0.2) is 5.54 Å². The molecule has 2 N–H and O–H groups in total. The molecule has 0 aromatic heterocycles. The van der Waals surface area contributed by atoms with Crippen molar-refractivity contribution in [3.8, 4) is 0 Å². The maximum absolute atomic E-state index is 11.9. The number of alkyl carbamates (subject to hydrolysis) is 1. The lowest BCUT2D eigenvalue weighted by Crippen LogP contribution is -2.61. The van der Waals surface area contributed by atoms with Crippen LogP contribution in [0.4, 0.5) is 4.79 Å². The van der Waals surface area contributed by atoms with Crippen LogP contribution in [0.3, 0.4) is 0 Å². The fourth-order valence-electron chi connectivity index (χ4n) is 3.07. The fourth-order valence-corrected chi connectivity index (χ4v) is 3.07. The highest BCUT2D eigenvalue weighted by Crippen LogP contribution is 2.36. The number of carbonyl (C=O) groups excluding carboxylic acids is 1. The first-order chi connectivity index (χ1) is 8.74. The summed E-state index contributed by atoms with van der Waals surface area (Å²) >= 11 is 0. The summed E-state index contributed by atoms with van der Waals surface area (Å²) in [6, 6.07) is -0.113. The van der Waals surface area contributed by atoms with Gasteiger partial charge in [0.25, 0.3) is 0 Å². The van der Waals surface area contributed by atoms with Crippen LogP contribution in [0.2, 0.25) is 0 Å². The predicted octanol–water partition coefficient (Wildman–Crippen LogP) is 1.20. The number of nitrogens with zero attached hydrogens (tertiary/aromatic N) is 1. The summed E-state index contributed by atoms with van der Waals surface area (Å²) < 4.78 is 5.19. The van der Waals surface area contributed by atoms with Gasteiger partial charge in [0.1, 0.15) is 5.60 Å². The van der Waals surface area contributed by atoms with Crippen LogP contribution < -0.4 is 5.32 Å². The van der Waals surface area contributed by atoms with Crippen molar-refractivity contribution in [2.24, 2.45) is 0 Å². The Morgan fingerprint density at radius 2 is 2.05 bits per heavy atom. The zero-order valence-electron chi connectivity index (χ0n) is 11.7. The highest BCUT2D eigenvalue weighted by Gasteiger charge is 2.55. The summed E-state index contributed by atoms with van der Waals surface area (Å²) in [5, 5.41) is 12.2. The van der Waals surface area contributed by atoms with Crippen molar-refractivity contribution >= 4 is 12.1 Å². The molecule has 2 heterocycles. The molecule has 2 atom stereocenters. The van der Waals surface area contributed by atoms with Gasteiger partial charge < -0.3 is 15.2 Å². The minimum Gasteiger partial charge on any atom is -0.479 e. The van der Waals surface area contributed by atoms with Gasteiger partial charge in [0, 0.05) is 12.6 Å². The maximum Gasteiger partial charge on any atom is 0.408 e.